The van der Waals surface area contributed by atoms with E-state index in [0.717, 1.165) is 5.56 Å². The van der Waals surface area contributed by atoms with Crippen LogP contribution in [-0.2, 0) is 4.79 Å². The molecule has 0 aliphatic carbocycles. The summed E-state index contributed by atoms with van der Waals surface area (Å²) in [5, 5.41) is 13.9. The number of carbonyl (C=O) groups is 1. The topological polar surface area (TPSA) is 72.2 Å². The Kier molecular flexibility index (Phi) is 5.14. The summed E-state index contributed by atoms with van der Waals surface area (Å²) in [6.45, 7) is 0. The maximum Gasteiger partial charge on any atom is 0.289 e. The predicted molar refractivity (Wildman–Crippen MR) is 87.2 cm³/mol. The van der Waals surface area contributed by atoms with Gasteiger partial charge in [-0.25, -0.2) is 0 Å². The number of halogens is 2. The molecule has 1 amide bonds. The first kappa shape index (κ1) is 16.0. The molecule has 0 aliphatic rings. The molecule has 1 N–H and O–H groups in total. The van der Waals surface area contributed by atoms with E-state index in [9.17, 15) is 14.9 Å². The number of hydrogen-bond donors (Lipinski definition) is 1. The van der Waals surface area contributed by atoms with E-state index in [1.165, 1.54) is 24.3 Å². The average molecular weight is 337 g/mol. The summed E-state index contributed by atoms with van der Waals surface area (Å²) in [4.78, 5) is 22.0. The minimum Gasteiger partial charge on any atom is -0.322 e. The molecule has 0 aromatic heterocycles. The van der Waals surface area contributed by atoms with Crippen LogP contribution in [0.3, 0.4) is 0 Å². The Morgan fingerprint density at radius 3 is 2.45 bits per heavy atom. The van der Waals surface area contributed by atoms with Crippen LogP contribution in [0.4, 0.5) is 11.4 Å². The molecule has 0 spiro atoms. The Balaban J connectivity index is 2.07. The molecule has 2 aromatic carbocycles. The van der Waals surface area contributed by atoms with E-state index in [1.807, 2.05) is 0 Å². The number of rotatable bonds is 4. The largest absolute Gasteiger partial charge is 0.322 e. The zero-order chi connectivity index (χ0) is 16.1. The summed E-state index contributed by atoms with van der Waals surface area (Å²) >= 11 is 11.5. The molecule has 2 aromatic rings. The van der Waals surface area contributed by atoms with Gasteiger partial charge in [0.05, 0.1) is 4.92 Å². The molecule has 0 bridgehead atoms. The van der Waals surface area contributed by atoms with Crippen LogP contribution in [0.25, 0.3) is 6.08 Å². The highest BCUT2D eigenvalue weighted by Crippen LogP contribution is 2.27. The van der Waals surface area contributed by atoms with E-state index < -0.39 is 10.8 Å². The van der Waals surface area contributed by atoms with Crippen LogP contribution >= 0.6 is 23.2 Å². The lowest BCUT2D eigenvalue weighted by atomic mass is 10.2. The lowest BCUT2D eigenvalue weighted by Gasteiger charge is -2.03. The number of nitrogens with zero attached hydrogens (tertiary/aromatic N) is 1. The molecule has 5 nitrogen and oxygen atoms in total. The highest BCUT2D eigenvalue weighted by molar-refractivity contribution is 6.32. The molecule has 7 heteroatoms. The summed E-state index contributed by atoms with van der Waals surface area (Å²) in [6, 6.07) is 11.0. The van der Waals surface area contributed by atoms with Gasteiger partial charge in [0.15, 0.2) is 0 Å². The zero-order valence-electron chi connectivity index (χ0n) is 11.1. The lowest BCUT2D eigenvalue weighted by molar-refractivity contribution is -0.384. The normalized spacial score (nSPS) is 10.6. The van der Waals surface area contributed by atoms with Crippen molar-refractivity contribution >= 4 is 46.6 Å². The molecule has 0 aliphatic heterocycles. The molecule has 0 fully saturated rings. The van der Waals surface area contributed by atoms with Gasteiger partial charge in [0.25, 0.3) is 5.69 Å². The SMILES string of the molecule is O=C(C=Cc1ccc(Cl)cc1)Nc1ccc(Cl)c([N+](=O)[O-])c1. The van der Waals surface area contributed by atoms with E-state index in [0.29, 0.717) is 10.7 Å². The highest BCUT2D eigenvalue weighted by Gasteiger charge is 2.13. The molecule has 0 radical (unpaired) electrons. The molecule has 0 saturated carbocycles. The summed E-state index contributed by atoms with van der Waals surface area (Å²) in [6.07, 6.45) is 2.93. The van der Waals surface area contributed by atoms with Crippen molar-refractivity contribution in [3.8, 4) is 0 Å². The van der Waals surface area contributed by atoms with Gasteiger partial charge >= 0.3 is 0 Å². The number of hydrogen-bond acceptors (Lipinski definition) is 3. The predicted octanol–water partition coefficient (Wildman–Crippen LogP) is 4.55. The van der Waals surface area contributed by atoms with Crippen molar-refractivity contribution in [2.75, 3.05) is 5.32 Å². The van der Waals surface area contributed by atoms with Crippen LogP contribution < -0.4 is 5.32 Å². The third-order valence-electron chi connectivity index (χ3n) is 2.71. The number of amides is 1. The minimum absolute atomic E-state index is 0.0136. The highest BCUT2D eigenvalue weighted by atomic mass is 35.5. The minimum atomic E-state index is -0.610. The van der Waals surface area contributed by atoms with E-state index in [2.05, 4.69) is 5.32 Å². The van der Waals surface area contributed by atoms with Gasteiger partial charge in [-0.1, -0.05) is 35.3 Å². The Hall–Kier alpha value is -2.37. The standard InChI is InChI=1S/C15H10Cl2N2O3/c16-11-4-1-10(2-5-11)3-8-15(20)18-12-6-7-13(17)14(9-12)19(21)22/h1-9H,(H,18,20). The number of nitrogens with one attached hydrogen (secondary N) is 1. The lowest BCUT2D eigenvalue weighted by Crippen LogP contribution is -2.08. The van der Waals surface area contributed by atoms with Gasteiger partial charge in [0.1, 0.15) is 5.02 Å². The first-order valence-electron chi connectivity index (χ1n) is 6.14. The summed E-state index contributed by atoms with van der Waals surface area (Å²) in [5.74, 6) is -0.411. The van der Waals surface area contributed by atoms with E-state index >= 15 is 0 Å². The second-order valence-corrected chi connectivity index (χ2v) is 5.14. The molecule has 22 heavy (non-hydrogen) atoms. The number of nitro groups is 1. The molecule has 0 saturated heterocycles. The van der Waals surface area contributed by atoms with Gasteiger partial charge in [-0.2, -0.15) is 0 Å². The quantitative estimate of drug-likeness (QED) is 0.505. The third kappa shape index (κ3) is 4.31. The molecule has 0 atom stereocenters. The fraction of sp³-hybridized carbons (Fsp3) is 0. The zero-order valence-corrected chi connectivity index (χ0v) is 12.6. The van der Waals surface area contributed by atoms with Gasteiger partial charge in [-0.3, -0.25) is 14.9 Å². The van der Waals surface area contributed by atoms with Crippen molar-refractivity contribution < 1.29 is 9.72 Å². The molecule has 2 rings (SSSR count). The maximum absolute atomic E-state index is 11.8. The summed E-state index contributed by atoms with van der Waals surface area (Å²) < 4.78 is 0. The van der Waals surface area contributed by atoms with Gasteiger partial charge < -0.3 is 5.32 Å². The van der Waals surface area contributed by atoms with Crippen molar-refractivity contribution in [3.05, 3.63) is 74.3 Å². The van der Waals surface area contributed by atoms with E-state index in [-0.39, 0.29) is 10.7 Å². The fourth-order valence-electron chi connectivity index (χ4n) is 1.66. The maximum atomic E-state index is 11.8. The second-order valence-electron chi connectivity index (χ2n) is 4.30. The van der Waals surface area contributed by atoms with Gasteiger partial charge in [-0.15, -0.1) is 0 Å². The van der Waals surface area contributed by atoms with Crippen molar-refractivity contribution in [3.63, 3.8) is 0 Å². The van der Waals surface area contributed by atoms with Crippen LogP contribution in [0.1, 0.15) is 5.56 Å². The number of anilines is 1. The first-order chi connectivity index (χ1) is 10.5. The van der Waals surface area contributed by atoms with Crippen LogP contribution in [0.2, 0.25) is 10.0 Å². The van der Waals surface area contributed by atoms with Gasteiger partial charge in [0.2, 0.25) is 5.91 Å². The van der Waals surface area contributed by atoms with Gasteiger partial charge in [-0.05, 0) is 35.9 Å². The van der Waals surface area contributed by atoms with Crippen molar-refractivity contribution in [2.24, 2.45) is 0 Å². The van der Waals surface area contributed by atoms with Crippen molar-refractivity contribution in [2.45, 2.75) is 0 Å². The smallest absolute Gasteiger partial charge is 0.289 e. The molecule has 112 valence electrons. The molecular formula is C15H10Cl2N2O3. The van der Waals surface area contributed by atoms with Crippen LogP contribution in [0.15, 0.2) is 48.5 Å². The molecule has 0 heterocycles. The molecular weight excluding hydrogens is 327 g/mol. The Morgan fingerprint density at radius 1 is 1.14 bits per heavy atom. The number of benzene rings is 2. The Morgan fingerprint density at radius 2 is 1.82 bits per heavy atom. The third-order valence-corrected chi connectivity index (χ3v) is 3.28. The first-order valence-corrected chi connectivity index (χ1v) is 6.90. The summed E-state index contributed by atoms with van der Waals surface area (Å²) in [5.41, 5.74) is 0.838. The monoisotopic (exact) mass is 336 g/mol. The van der Waals surface area contributed by atoms with E-state index in [1.54, 1.807) is 30.3 Å². The average Bonchev–Trinajstić information content (AvgIpc) is 2.48. The number of nitro benzene ring substituents is 1. The van der Waals surface area contributed by atoms with E-state index in [4.69, 9.17) is 23.2 Å². The second kappa shape index (κ2) is 7.06. The van der Waals surface area contributed by atoms with Crippen molar-refractivity contribution in [1.82, 2.24) is 0 Å². The number of carbonyl (C=O) groups excluding carboxylic acids is 1. The van der Waals surface area contributed by atoms with Crippen LogP contribution in [-0.4, -0.2) is 10.8 Å². The van der Waals surface area contributed by atoms with Gasteiger partial charge in [0, 0.05) is 22.9 Å². The summed E-state index contributed by atoms with van der Waals surface area (Å²) in [7, 11) is 0. The fourth-order valence-corrected chi connectivity index (χ4v) is 1.97. The van der Waals surface area contributed by atoms with Crippen LogP contribution in [0.5, 0.6) is 0 Å². The molecule has 0 unspecified atom stereocenters. The Labute approximate surface area is 136 Å². The van der Waals surface area contributed by atoms with Crippen LogP contribution in [0, 0.1) is 10.1 Å². The van der Waals surface area contributed by atoms with Crippen molar-refractivity contribution in [1.29, 1.82) is 0 Å². The Bertz CT molecular complexity index is 743.